The molecule has 5 nitrogen and oxygen atoms in total. The second kappa shape index (κ2) is 5.56. The number of hydrogen-bond acceptors (Lipinski definition) is 5. The molecule has 1 saturated heterocycles. The first-order valence-corrected chi connectivity index (χ1v) is 7.46. The highest BCUT2D eigenvalue weighted by molar-refractivity contribution is 5.33. The Morgan fingerprint density at radius 2 is 2.15 bits per heavy atom. The van der Waals surface area contributed by atoms with Crippen LogP contribution in [0.1, 0.15) is 32.1 Å². The van der Waals surface area contributed by atoms with E-state index in [1.807, 2.05) is 0 Å². The van der Waals surface area contributed by atoms with Crippen molar-refractivity contribution in [3.05, 3.63) is 12.4 Å². The van der Waals surface area contributed by atoms with E-state index in [4.69, 9.17) is 4.74 Å². The second-order valence-electron chi connectivity index (χ2n) is 6.25. The summed E-state index contributed by atoms with van der Waals surface area (Å²) < 4.78 is 5.10. The summed E-state index contributed by atoms with van der Waals surface area (Å²) in [5, 5.41) is 9.88. The SMILES string of the molecule is COc1cnc(N2CCC[C@@](CO)(CC3CC3)C2)nc1. The van der Waals surface area contributed by atoms with Crippen LogP contribution in [0.25, 0.3) is 0 Å². The third-order valence-electron chi connectivity index (χ3n) is 4.55. The van der Waals surface area contributed by atoms with E-state index in [9.17, 15) is 5.11 Å². The average Bonchev–Trinajstić information content (AvgIpc) is 3.31. The van der Waals surface area contributed by atoms with E-state index in [1.54, 1.807) is 19.5 Å². The highest BCUT2D eigenvalue weighted by Gasteiger charge is 2.40. The molecule has 0 bridgehead atoms. The van der Waals surface area contributed by atoms with Gasteiger partial charge in [0.2, 0.25) is 5.95 Å². The summed E-state index contributed by atoms with van der Waals surface area (Å²) >= 11 is 0. The Balaban J connectivity index is 1.72. The lowest BCUT2D eigenvalue weighted by Crippen LogP contribution is -2.46. The van der Waals surface area contributed by atoms with Crippen LogP contribution in [-0.2, 0) is 0 Å². The lowest BCUT2D eigenvalue weighted by molar-refractivity contribution is 0.0899. The fourth-order valence-electron chi connectivity index (χ4n) is 3.25. The average molecular weight is 277 g/mol. The summed E-state index contributed by atoms with van der Waals surface area (Å²) in [6.07, 6.45) is 9.45. The number of aromatic nitrogens is 2. The Bertz CT molecular complexity index is 447. The van der Waals surface area contributed by atoms with Crippen LogP contribution in [0.4, 0.5) is 5.95 Å². The second-order valence-corrected chi connectivity index (χ2v) is 6.25. The number of nitrogens with zero attached hydrogens (tertiary/aromatic N) is 3. The maximum atomic E-state index is 9.88. The number of piperidine rings is 1. The van der Waals surface area contributed by atoms with Gasteiger partial charge in [-0.15, -0.1) is 0 Å². The molecule has 1 aromatic rings. The number of aliphatic hydroxyl groups is 1. The van der Waals surface area contributed by atoms with Crippen molar-refractivity contribution in [1.29, 1.82) is 0 Å². The predicted molar refractivity (Wildman–Crippen MR) is 76.9 cm³/mol. The first kappa shape index (κ1) is 13.6. The minimum Gasteiger partial charge on any atom is -0.494 e. The first-order chi connectivity index (χ1) is 9.74. The van der Waals surface area contributed by atoms with Crippen LogP contribution in [-0.4, -0.2) is 41.9 Å². The van der Waals surface area contributed by atoms with Crippen molar-refractivity contribution in [2.75, 3.05) is 31.7 Å². The molecule has 0 radical (unpaired) electrons. The van der Waals surface area contributed by atoms with Gasteiger partial charge in [-0.1, -0.05) is 12.8 Å². The lowest BCUT2D eigenvalue weighted by atomic mass is 9.76. The monoisotopic (exact) mass is 277 g/mol. The summed E-state index contributed by atoms with van der Waals surface area (Å²) in [6, 6.07) is 0. The maximum Gasteiger partial charge on any atom is 0.225 e. The van der Waals surface area contributed by atoms with Crippen molar-refractivity contribution >= 4 is 5.95 Å². The number of methoxy groups -OCH3 is 1. The molecule has 0 amide bonds. The van der Waals surface area contributed by atoms with E-state index in [-0.39, 0.29) is 12.0 Å². The zero-order valence-electron chi connectivity index (χ0n) is 12.1. The highest BCUT2D eigenvalue weighted by Crippen LogP contribution is 2.44. The Labute approximate surface area is 120 Å². The molecule has 0 spiro atoms. The Morgan fingerprint density at radius 1 is 1.40 bits per heavy atom. The molecule has 1 saturated carbocycles. The predicted octanol–water partition coefficient (Wildman–Crippen LogP) is 1.86. The van der Waals surface area contributed by atoms with Gasteiger partial charge in [-0.05, 0) is 25.2 Å². The topological polar surface area (TPSA) is 58.5 Å². The van der Waals surface area contributed by atoms with E-state index < -0.39 is 0 Å². The number of ether oxygens (including phenoxy) is 1. The van der Waals surface area contributed by atoms with Gasteiger partial charge in [0.1, 0.15) is 0 Å². The molecule has 2 heterocycles. The normalized spacial score (nSPS) is 26.6. The van der Waals surface area contributed by atoms with Crippen LogP contribution in [0.2, 0.25) is 0 Å². The maximum absolute atomic E-state index is 9.88. The van der Waals surface area contributed by atoms with Gasteiger partial charge in [-0.3, -0.25) is 0 Å². The molecule has 0 aromatic carbocycles. The summed E-state index contributed by atoms with van der Waals surface area (Å²) in [7, 11) is 1.62. The standard InChI is InChI=1S/C15H23N3O2/c1-20-13-8-16-14(17-9-13)18-6-2-5-15(10-18,11-19)7-12-3-4-12/h8-9,12,19H,2-7,10-11H2,1H3/t15-/m1/s1. The summed E-state index contributed by atoms with van der Waals surface area (Å²) in [4.78, 5) is 11.0. The fourth-order valence-corrected chi connectivity index (χ4v) is 3.25. The van der Waals surface area contributed by atoms with Gasteiger partial charge in [-0.25, -0.2) is 9.97 Å². The van der Waals surface area contributed by atoms with Crippen molar-refractivity contribution in [2.45, 2.75) is 32.1 Å². The van der Waals surface area contributed by atoms with Crippen molar-refractivity contribution in [2.24, 2.45) is 11.3 Å². The van der Waals surface area contributed by atoms with Gasteiger partial charge in [-0.2, -0.15) is 0 Å². The van der Waals surface area contributed by atoms with E-state index in [2.05, 4.69) is 14.9 Å². The van der Waals surface area contributed by atoms with Gasteiger partial charge in [0.15, 0.2) is 5.75 Å². The molecule has 5 heteroatoms. The Kier molecular flexibility index (Phi) is 3.78. The molecular weight excluding hydrogens is 254 g/mol. The summed E-state index contributed by atoms with van der Waals surface area (Å²) in [5.74, 6) is 2.26. The summed E-state index contributed by atoms with van der Waals surface area (Å²) in [5.41, 5.74) is 0.0443. The highest BCUT2D eigenvalue weighted by atomic mass is 16.5. The molecule has 2 fully saturated rings. The molecule has 20 heavy (non-hydrogen) atoms. The number of rotatable bonds is 5. The lowest BCUT2D eigenvalue weighted by Gasteiger charge is -2.42. The smallest absolute Gasteiger partial charge is 0.225 e. The minimum atomic E-state index is 0.0443. The van der Waals surface area contributed by atoms with Crippen molar-refractivity contribution in [3.8, 4) is 5.75 Å². The van der Waals surface area contributed by atoms with Gasteiger partial charge < -0.3 is 14.7 Å². The van der Waals surface area contributed by atoms with Crippen LogP contribution in [0.3, 0.4) is 0 Å². The van der Waals surface area contributed by atoms with Gasteiger partial charge >= 0.3 is 0 Å². The third-order valence-corrected chi connectivity index (χ3v) is 4.55. The molecule has 1 aromatic heterocycles. The van der Waals surface area contributed by atoms with Crippen LogP contribution in [0, 0.1) is 11.3 Å². The number of aliphatic hydroxyl groups excluding tert-OH is 1. The molecular formula is C15H23N3O2. The van der Waals surface area contributed by atoms with E-state index in [0.717, 1.165) is 44.2 Å². The van der Waals surface area contributed by atoms with Crippen molar-refractivity contribution < 1.29 is 9.84 Å². The molecule has 1 aliphatic heterocycles. The molecule has 2 aliphatic rings. The number of anilines is 1. The fraction of sp³-hybridized carbons (Fsp3) is 0.733. The van der Waals surface area contributed by atoms with Crippen LogP contribution < -0.4 is 9.64 Å². The van der Waals surface area contributed by atoms with E-state index in [1.165, 1.54) is 12.8 Å². The van der Waals surface area contributed by atoms with E-state index >= 15 is 0 Å². The zero-order chi connectivity index (χ0) is 14.0. The first-order valence-electron chi connectivity index (χ1n) is 7.46. The Morgan fingerprint density at radius 3 is 2.75 bits per heavy atom. The Hall–Kier alpha value is -1.36. The van der Waals surface area contributed by atoms with E-state index in [0.29, 0.717) is 5.75 Å². The molecule has 110 valence electrons. The van der Waals surface area contributed by atoms with Crippen molar-refractivity contribution in [3.63, 3.8) is 0 Å². The molecule has 1 atom stereocenters. The third kappa shape index (κ3) is 2.87. The largest absolute Gasteiger partial charge is 0.494 e. The van der Waals surface area contributed by atoms with Crippen LogP contribution in [0.5, 0.6) is 5.75 Å². The quantitative estimate of drug-likeness (QED) is 0.890. The van der Waals surface area contributed by atoms with Gasteiger partial charge in [0, 0.05) is 18.5 Å². The van der Waals surface area contributed by atoms with Crippen molar-refractivity contribution in [1.82, 2.24) is 9.97 Å². The minimum absolute atomic E-state index is 0.0443. The van der Waals surface area contributed by atoms with Gasteiger partial charge in [0.05, 0.1) is 26.1 Å². The molecule has 3 rings (SSSR count). The number of hydrogen-bond donors (Lipinski definition) is 1. The zero-order valence-corrected chi connectivity index (χ0v) is 12.1. The summed E-state index contributed by atoms with van der Waals surface area (Å²) in [6.45, 7) is 2.11. The van der Waals surface area contributed by atoms with Crippen LogP contribution in [0.15, 0.2) is 12.4 Å². The van der Waals surface area contributed by atoms with Gasteiger partial charge in [0.25, 0.3) is 0 Å². The molecule has 0 unspecified atom stereocenters. The van der Waals surface area contributed by atoms with Crippen LogP contribution >= 0.6 is 0 Å². The molecule has 1 aliphatic carbocycles. The molecule has 1 N–H and O–H groups in total.